The fourth-order valence-corrected chi connectivity index (χ4v) is 1.62. The molecule has 0 radical (unpaired) electrons. The monoisotopic (exact) mass is 263 g/mol. The molecule has 1 aromatic carbocycles. The van der Waals surface area contributed by atoms with E-state index in [4.69, 9.17) is 10.5 Å². The molecule has 5 nitrogen and oxygen atoms in total. The van der Waals surface area contributed by atoms with Crippen molar-refractivity contribution in [2.75, 3.05) is 11.9 Å². The maximum atomic E-state index is 11.5. The summed E-state index contributed by atoms with van der Waals surface area (Å²) in [4.78, 5) is 15.5. The first kappa shape index (κ1) is 15.0. The third-order valence-corrected chi connectivity index (χ3v) is 2.56. The molecule has 104 valence electrons. The number of amides is 1. The van der Waals surface area contributed by atoms with Gasteiger partial charge in [-0.1, -0.05) is 38.5 Å². The van der Waals surface area contributed by atoms with Crippen LogP contribution in [0.2, 0.25) is 0 Å². The minimum atomic E-state index is -0.629. The summed E-state index contributed by atoms with van der Waals surface area (Å²) in [6.45, 7) is 4.77. The third kappa shape index (κ3) is 6.45. The van der Waals surface area contributed by atoms with E-state index in [9.17, 15) is 4.79 Å². The van der Waals surface area contributed by atoms with E-state index in [0.717, 1.165) is 12.8 Å². The molecule has 0 aliphatic carbocycles. The number of para-hydroxylation sites is 1. The molecule has 1 atom stereocenters. The number of nitrogens with two attached hydrogens (primary N) is 1. The Kier molecular flexibility index (Phi) is 6.43. The standard InChI is InChI=1S/C14H21N3O2/c1-3-7-11(2)10-16-13(15)19-14(18)17-12-8-5-4-6-9-12/h4-6,8-9,11H,3,7,10H2,1-2H3,(H2,15,16)(H,17,18). The van der Waals surface area contributed by atoms with Gasteiger partial charge in [-0.15, -0.1) is 0 Å². The molecule has 1 rings (SSSR count). The zero-order valence-corrected chi connectivity index (χ0v) is 11.4. The van der Waals surface area contributed by atoms with Crippen molar-refractivity contribution < 1.29 is 9.53 Å². The topological polar surface area (TPSA) is 76.7 Å². The van der Waals surface area contributed by atoms with E-state index in [1.165, 1.54) is 0 Å². The van der Waals surface area contributed by atoms with Crippen molar-refractivity contribution in [1.82, 2.24) is 0 Å². The number of amidine groups is 1. The van der Waals surface area contributed by atoms with Gasteiger partial charge in [0.1, 0.15) is 0 Å². The number of carbonyl (C=O) groups is 1. The number of aliphatic imine (C=N–C) groups is 1. The Hall–Kier alpha value is -2.04. The van der Waals surface area contributed by atoms with Crippen molar-refractivity contribution >= 4 is 17.8 Å². The molecule has 1 amide bonds. The van der Waals surface area contributed by atoms with E-state index in [0.29, 0.717) is 18.2 Å². The fraction of sp³-hybridized carbons (Fsp3) is 0.429. The highest BCUT2D eigenvalue weighted by molar-refractivity contribution is 5.93. The molecule has 1 aromatic rings. The predicted octanol–water partition coefficient (Wildman–Crippen LogP) is 2.99. The number of anilines is 1. The molecule has 0 saturated heterocycles. The number of hydrogen-bond donors (Lipinski definition) is 2. The summed E-state index contributed by atoms with van der Waals surface area (Å²) in [5.41, 5.74) is 6.19. The summed E-state index contributed by atoms with van der Waals surface area (Å²) in [5, 5.41) is 2.56. The fourth-order valence-electron chi connectivity index (χ4n) is 1.62. The molecule has 1 unspecified atom stereocenters. The van der Waals surface area contributed by atoms with Gasteiger partial charge in [-0.2, -0.15) is 0 Å². The van der Waals surface area contributed by atoms with Crippen LogP contribution in [0.25, 0.3) is 0 Å². The Labute approximate surface area is 113 Å². The van der Waals surface area contributed by atoms with Gasteiger partial charge in [-0.05, 0) is 24.5 Å². The van der Waals surface area contributed by atoms with Crippen molar-refractivity contribution in [3.8, 4) is 0 Å². The SMILES string of the molecule is CCCC(C)CN=C(N)OC(=O)Nc1ccccc1. The van der Waals surface area contributed by atoms with Crippen LogP contribution in [0.5, 0.6) is 0 Å². The largest absolute Gasteiger partial charge is 0.419 e. The molecule has 3 N–H and O–H groups in total. The Balaban J connectivity index is 2.37. The van der Waals surface area contributed by atoms with Crippen LogP contribution in [0.3, 0.4) is 0 Å². The molecule has 0 bridgehead atoms. The highest BCUT2D eigenvalue weighted by Crippen LogP contribution is 2.06. The second kappa shape index (κ2) is 8.13. The van der Waals surface area contributed by atoms with Gasteiger partial charge in [0.05, 0.1) is 0 Å². The van der Waals surface area contributed by atoms with Crippen molar-refractivity contribution in [1.29, 1.82) is 0 Å². The first-order valence-corrected chi connectivity index (χ1v) is 6.45. The van der Waals surface area contributed by atoms with Crippen LogP contribution in [0.15, 0.2) is 35.3 Å². The number of nitrogens with zero attached hydrogens (tertiary/aromatic N) is 1. The zero-order chi connectivity index (χ0) is 14.1. The Morgan fingerprint density at radius 2 is 2.11 bits per heavy atom. The van der Waals surface area contributed by atoms with Crippen molar-refractivity contribution in [2.45, 2.75) is 26.7 Å². The van der Waals surface area contributed by atoms with E-state index in [1.807, 2.05) is 18.2 Å². The molecule has 0 saturated carbocycles. The van der Waals surface area contributed by atoms with Gasteiger partial charge in [-0.25, -0.2) is 9.79 Å². The lowest BCUT2D eigenvalue weighted by atomic mass is 10.1. The third-order valence-electron chi connectivity index (χ3n) is 2.56. The zero-order valence-electron chi connectivity index (χ0n) is 11.4. The Morgan fingerprint density at radius 3 is 2.74 bits per heavy atom. The molecule has 0 fully saturated rings. The molecule has 0 aliphatic heterocycles. The maximum absolute atomic E-state index is 11.5. The molecular formula is C14H21N3O2. The van der Waals surface area contributed by atoms with Gasteiger partial charge in [0.15, 0.2) is 0 Å². The number of ether oxygens (including phenoxy) is 1. The molecule has 5 heteroatoms. The number of nitrogens with one attached hydrogen (secondary N) is 1. The van der Waals surface area contributed by atoms with E-state index < -0.39 is 6.09 Å². The van der Waals surface area contributed by atoms with Gasteiger partial charge in [-0.3, -0.25) is 5.32 Å². The van der Waals surface area contributed by atoms with Crippen LogP contribution in [0.4, 0.5) is 10.5 Å². The highest BCUT2D eigenvalue weighted by atomic mass is 16.6. The predicted molar refractivity (Wildman–Crippen MR) is 77.1 cm³/mol. The number of hydrogen-bond acceptors (Lipinski definition) is 3. The van der Waals surface area contributed by atoms with Gasteiger partial charge in [0.25, 0.3) is 6.02 Å². The van der Waals surface area contributed by atoms with Gasteiger partial charge in [0.2, 0.25) is 0 Å². The normalized spacial score (nSPS) is 12.8. The average Bonchev–Trinajstić information content (AvgIpc) is 2.38. The molecule has 0 aromatic heterocycles. The summed E-state index contributed by atoms with van der Waals surface area (Å²) >= 11 is 0. The van der Waals surface area contributed by atoms with Crippen LogP contribution in [-0.4, -0.2) is 18.7 Å². The number of rotatable bonds is 5. The second-order valence-electron chi connectivity index (χ2n) is 4.45. The van der Waals surface area contributed by atoms with Gasteiger partial charge < -0.3 is 10.5 Å². The van der Waals surface area contributed by atoms with Crippen LogP contribution in [0, 0.1) is 5.92 Å². The summed E-state index contributed by atoms with van der Waals surface area (Å²) in [6, 6.07) is 8.92. The summed E-state index contributed by atoms with van der Waals surface area (Å²) in [5.74, 6) is 0.435. The van der Waals surface area contributed by atoms with E-state index in [-0.39, 0.29) is 6.02 Å². The van der Waals surface area contributed by atoms with E-state index in [2.05, 4.69) is 24.2 Å². The molecule has 0 heterocycles. The molecule has 19 heavy (non-hydrogen) atoms. The highest BCUT2D eigenvalue weighted by Gasteiger charge is 2.06. The first-order chi connectivity index (χ1) is 9.11. The molecule has 0 aliphatic rings. The van der Waals surface area contributed by atoms with Crippen molar-refractivity contribution in [2.24, 2.45) is 16.6 Å². The van der Waals surface area contributed by atoms with E-state index >= 15 is 0 Å². The quantitative estimate of drug-likeness (QED) is 0.633. The van der Waals surface area contributed by atoms with Gasteiger partial charge in [0, 0.05) is 12.2 Å². The summed E-state index contributed by atoms with van der Waals surface area (Å²) in [7, 11) is 0. The lowest BCUT2D eigenvalue weighted by Crippen LogP contribution is -2.25. The summed E-state index contributed by atoms with van der Waals surface area (Å²) in [6.07, 6.45) is 1.55. The molecular weight excluding hydrogens is 242 g/mol. The summed E-state index contributed by atoms with van der Waals surface area (Å²) < 4.78 is 4.86. The van der Waals surface area contributed by atoms with Crippen LogP contribution in [-0.2, 0) is 4.74 Å². The lowest BCUT2D eigenvalue weighted by Gasteiger charge is -2.08. The van der Waals surface area contributed by atoms with E-state index in [1.54, 1.807) is 12.1 Å². The Morgan fingerprint density at radius 1 is 1.42 bits per heavy atom. The Bertz CT molecular complexity index is 418. The van der Waals surface area contributed by atoms with Crippen molar-refractivity contribution in [3.05, 3.63) is 30.3 Å². The van der Waals surface area contributed by atoms with Crippen LogP contribution >= 0.6 is 0 Å². The number of benzene rings is 1. The lowest BCUT2D eigenvalue weighted by molar-refractivity contribution is 0.211. The van der Waals surface area contributed by atoms with Crippen LogP contribution in [0.1, 0.15) is 26.7 Å². The second-order valence-corrected chi connectivity index (χ2v) is 4.45. The molecule has 0 spiro atoms. The van der Waals surface area contributed by atoms with Crippen LogP contribution < -0.4 is 11.1 Å². The first-order valence-electron chi connectivity index (χ1n) is 6.45. The van der Waals surface area contributed by atoms with Crippen molar-refractivity contribution in [3.63, 3.8) is 0 Å². The minimum absolute atomic E-state index is 0.101. The number of carbonyl (C=O) groups excluding carboxylic acids is 1. The average molecular weight is 263 g/mol. The minimum Gasteiger partial charge on any atom is -0.376 e. The maximum Gasteiger partial charge on any atom is 0.419 e. The smallest absolute Gasteiger partial charge is 0.376 e. The van der Waals surface area contributed by atoms with Gasteiger partial charge >= 0.3 is 6.09 Å².